The average molecular weight is 479 g/mol. The molecule has 1 aromatic carbocycles. The first-order valence-electron chi connectivity index (χ1n) is 11.0. The molecule has 8 nitrogen and oxygen atoms in total. The number of phenols is 1. The smallest absolute Gasteiger partial charge is 0.270 e. The van der Waals surface area contributed by atoms with Crippen LogP contribution in [-0.4, -0.2) is 44.1 Å². The highest BCUT2D eigenvalue weighted by Crippen LogP contribution is 2.28. The third-order valence-electron chi connectivity index (χ3n) is 5.69. The normalized spacial score (nSPS) is 12.9. The van der Waals surface area contributed by atoms with Crippen molar-refractivity contribution in [2.24, 2.45) is 0 Å². The molecule has 1 unspecified atom stereocenters. The molecule has 34 heavy (non-hydrogen) atoms. The second-order valence-corrected chi connectivity index (χ2v) is 8.76. The van der Waals surface area contributed by atoms with Crippen LogP contribution in [0.3, 0.4) is 0 Å². The first-order chi connectivity index (χ1) is 16.4. The van der Waals surface area contributed by atoms with Crippen LogP contribution in [0.2, 0.25) is 0 Å². The Morgan fingerprint density at radius 1 is 1.12 bits per heavy atom. The Kier molecular flexibility index (Phi) is 6.95. The zero-order valence-electron chi connectivity index (χ0n) is 18.9. The minimum atomic E-state index is -0.383. The summed E-state index contributed by atoms with van der Waals surface area (Å²) < 4.78 is 1.62. The van der Waals surface area contributed by atoms with E-state index in [1.807, 2.05) is 30.7 Å². The van der Waals surface area contributed by atoms with E-state index in [2.05, 4.69) is 10.6 Å². The average Bonchev–Trinajstić information content (AvgIpc) is 3.50. The number of hydrogen-bond acceptors (Lipinski definition) is 6. The number of aliphatic hydroxyl groups excluding tert-OH is 1. The van der Waals surface area contributed by atoms with Gasteiger partial charge < -0.3 is 20.8 Å². The van der Waals surface area contributed by atoms with Crippen LogP contribution in [0.1, 0.15) is 52.7 Å². The van der Waals surface area contributed by atoms with Gasteiger partial charge >= 0.3 is 0 Å². The SMILES string of the molecule is CC[C@H](CO)NC(=O)c1c(-c2ccsc2)nc2c(C(=O)NC(C)c3ccc(O)cc3)cccn12. The van der Waals surface area contributed by atoms with Gasteiger partial charge in [0.1, 0.15) is 17.1 Å². The van der Waals surface area contributed by atoms with Crippen molar-refractivity contribution in [1.82, 2.24) is 20.0 Å². The van der Waals surface area contributed by atoms with Crippen LogP contribution in [0.4, 0.5) is 0 Å². The van der Waals surface area contributed by atoms with Crippen LogP contribution < -0.4 is 10.6 Å². The number of nitrogens with one attached hydrogen (secondary N) is 2. The highest BCUT2D eigenvalue weighted by molar-refractivity contribution is 7.08. The van der Waals surface area contributed by atoms with Gasteiger partial charge in [0.15, 0.2) is 5.65 Å². The predicted octanol–water partition coefficient (Wildman–Crippen LogP) is 3.76. The minimum Gasteiger partial charge on any atom is -0.508 e. The van der Waals surface area contributed by atoms with Crippen molar-refractivity contribution in [3.05, 3.63) is 76.2 Å². The Labute approximate surface area is 200 Å². The fourth-order valence-electron chi connectivity index (χ4n) is 3.71. The predicted molar refractivity (Wildman–Crippen MR) is 131 cm³/mol. The fourth-order valence-corrected chi connectivity index (χ4v) is 4.35. The lowest BCUT2D eigenvalue weighted by atomic mass is 10.1. The van der Waals surface area contributed by atoms with Crippen LogP contribution in [-0.2, 0) is 0 Å². The van der Waals surface area contributed by atoms with Crippen LogP contribution in [0.25, 0.3) is 16.9 Å². The van der Waals surface area contributed by atoms with E-state index in [4.69, 9.17) is 4.98 Å². The van der Waals surface area contributed by atoms with E-state index in [9.17, 15) is 19.8 Å². The minimum absolute atomic E-state index is 0.155. The fraction of sp³-hybridized carbons (Fsp3) is 0.240. The summed E-state index contributed by atoms with van der Waals surface area (Å²) in [5.74, 6) is -0.547. The molecule has 2 atom stereocenters. The Morgan fingerprint density at radius 3 is 2.53 bits per heavy atom. The number of carbonyl (C=O) groups is 2. The van der Waals surface area contributed by atoms with Gasteiger partial charge in [-0.25, -0.2) is 4.98 Å². The molecule has 0 saturated heterocycles. The second-order valence-electron chi connectivity index (χ2n) is 7.98. The highest BCUT2D eigenvalue weighted by atomic mass is 32.1. The molecule has 0 radical (unpaired) electrons. The molecule has 3 heterocycles. The number of carbonyl (C=O) groups excluding carboxylic acids is 2. The molecule has 3 aromatic heterocycles. The number of aromatic hydroxyl groups is 1. The number of benzene rings is 1. The molecule has 0 aliphatic carbocycles. The first kappa shape index (κ1) is 23.5. The van der Waals surface area contributed by atoms with E-state index in [0.29, 0.717) is 29.0 Å². The second kappa shape index (κ2) is 10.1. The molecule has 9 heteroatoms. The molecule has 4 aromatic rings. The number of fused-ring (bicyclic) bond motifs is 1. The number of hydrogen-bond donors (Lipinski definition) is 4. The number of phenolic OH excluding ortho intramolecular Hbond substituents is 1. The third kappa shape index (κ3) is 4.66. The number of amides is 2. The number of rotatable bonds is 8. The van der Waals surface area contributed by atoms with Gasteiger partial charge in [-0.3, -0.25) is 14.0 Å². The summed E-state index contributed by atoms with van der Waals surface area (Å²) in [5, 5.41) is 28.7. The lowest BCUT2D eigenvalue weighted by molar-refractivity contribution is 0.0906. The zero-order chi connectivity index (χ0) is 24.2. The van der Waals surface area contributed by atoms with Gasteiger partial charge in [0.25, 0.3) is 11.8 Å². The summed E-state index contributed by atoms with van der Waals surface area (Å²) in [6.45, 7) is 3.56. The van der Waals surface area contributed by atoms with Crippen LogP contribution in [0.5, 0.6) is 5.75 Å². The van der Waals surface area contributed by atoms with Gasteiger partial charge in [0.05, 0.1) is 24.3 Å². The van der Waals surface area contributed by atoms with Crippen LogP contribution in [0, 0.1) is 0 Å². The molecule has 0 saturated carbocycles. The topological polar surface area (TPSA) is 116 Å². The first-order valence-corrected chi connectivity index (χ1v) is 11.9. The largest absolute Gasteiger partial charge is 0.508 e. The van der Waals surface area contributed by atoms with Crippen molar-refractivity contribution in [2.75, 3.05) is 6.61 Å². The Balaban J connectivity index is 1.74. The third-order valence-corrected chi connectivity index (χ3v) is 6.38. The van der Waals surface area contributed by atoms with E-state index in [1.165, 1.54) is 11.3 Å². The van der Waals surface area contributed by atoms with Crippen molar-refractivity contribution in [3.8, 4) is 17.0 Å². The van der Waals surface area contributed by atoms with Crippen LogP contribution in [0.15, 0.2) is 59.4 Å². The molecule has 4 rings (SSSR count). The maximum atomic E-state index is 13.2. The van der Waals surface area contributed by atoms with Gasteiger partial charge in [-0.15, -0.1) is 0 Å². The molecule has 176 valence electrons. The number of nitrogens with zero attached hydrogens (tertiary/aromatic N) is 2. The lowest BCUT2D eigenvalue weighted by Gasteiger charge is -2.15. The number of aromatic nitrogens is 2. The maximum Gasteiger partial charge on any atom is 0.270 e. The highest BCUT2D eigenvalue weighted by Gasteiger charge is 2.25. The van der Waals surface area contributed by atoms with E-state index in [1.54, 1.807) is 47.0 Å². The Hall–Kier alpha value is -3.69. The standard InChI is InChI=1S/C25H26N4O4S/c1-3-18(13-30)27-25(33)22-21(17-10-12-34-14-17)28-23-20(5-4-11-29(22)23)24(32)26-15(2)16-6-8-19(31)9-7-16/h4-12,14-15,18,30-31H,3,13H2,1-2H3,(H,26,32)(H,27,33)/t15?,18-/m1/s1. The summed E-state index contributed by atoms with van der Waals surface area (Å²) in [5.41, 5.74) is 3.09. The molecule has 0 aliphatic heterocycles. The van der Waals surface area contributed by atoms with E-state index >= 15 is 0 Å². The monoisotopic (exact) mass is 478 g/mol. The summed E-state index contributed by atoms with van der Waals surface area (Å²) >= 11 is 1.49. The van der Waals surface area contributed by atoms with Crippen molar-refractivity contribution >= 4 is 28.8 Å². The van der Waals surface area contributed by atoms with Crippen molar-refractivity contribution in [3.63, 3.8) is 0 Å². The Bertz CT molecular complexity index is 1290. The summed E-state index contributed by atoms with van der Waals surface area (Å²) in [6, 6.07) is 11.2. The molecule has 0 bridgehead atoms. The number of imidazole rings is 1. The molecule has 0 aliphatic rings. The maximum absolute atomic E-state index is 13.2. The van der Waals surface area contributed by atoms with E-state index in [0.717, 1.165) is 11.1 Å². The summed E-state index contributed by atoms with van der Waals surface area (Å²) in [4.78, 5) is 31.1. The van der Waals surface area contributed by atoms with Gasteiger partial charge in [0.2, 0.25) is 0 Å². The lowest BCUT2D eigenvalue weighted by Crippen LogP contribution is -2.37. The molecule has 0 spiro atoms. The summed E-state index contributed by atoms with van der Waals surface area (Å²) in [7, 11) is 0. The van der Waals surface area contributed by atoms with E-state index < -0.39 is 0 Å². The van der Waals surface area contributed by atoms with Crippen LogP contribution >= 0.6 is 11.3 Å². The van der Waals surface area contributed by atoms with Crippen molar-refractivity contribution < 1.29 is 19.8 Å². The molecular formula is C25H26N4O4S. The van der Waals surface area contributed by atoms with Gasteiger partial charge in [0, 0.05) is 17.1 Å². The molecule has 4 N–H and O–H groups in total. The van der Waals surface area contributed by atoms with Gasteiger partial charge in [-0.1, -0.05) is 19.1 Å². The Morgan fingerprint density at radius 2 is 1.88 bits per heavy atom. The number of pyridine rings is 1. The summed E-state index contributed by atoms with van der Waals surface area (Å²) in [6.07, 6.45) is 2.28. The van der Waals surface area contributed by atoms with Crippen molar-refractivity contribution in [1.29, 1.82) is 0 Å². The quantitative estimate of drug-likeness (QED) is 0.308. The molecule has 0 fully saturated rings. The zero-order valence-corrected chi connectivity index (χ0v) is 19.7. The molecule has 2 amide bonds. The number of thiophene rings is 1. The molecular weight excluding hydrogens is 452 g/mol. The van der Waals surface area contributed by atoms with Gasteiger partial charge in [-0.2, -0.15) is 11.3 Å². The van der Waals surface area contributed by atoms with E-state index in [-0.39, 0.29) is 36.3 Å². The number of aliphatic hydroxyl groups is 1. The van der Waals surface area contributed by atoms with Gasteiger partial charge in [-0.05, 0) is 54.6 Å². The van der Waals surface area contributed by atoms with Crippen molar-refractivity contribution in [2.45, 2.75) is 32.4 Å².